The number of benzene rings is 1. The van der Waals surface area contributed by atoms with Gasteiger partial charge in [-0.1, -0.05) is 27.5 Å². The number of phenolic OH excluding ortho intramolecular Hbond substituents is 1. The smallest absolute Gasteiger partial charge is 0.318 e. The van der Waals surface area contributed by atoms with E-state index in [1.807, 2.05) is 11.8 Å². The summed E-state index contributed by atoms with van der Waals surface area (Å²) < 4.78 is 6.18. The van der Waals surface area contributed by atoms with Crippen LogP contribution in [0.25, 0.3) is 0 Å². The van der Waals surface area contributed by atoms with Gasteiger partial charge in [0.05, 0.1) is 29.1 Å². The van der Waals surface area contributed by atoms with Crippen LogP contribution in [0.2, 0.25) is 5.02 Å². The topological polar surface area (TPSA) is 109 Å². The molecule has 0 radical (unpaired) electrons. The van der Waals surface area contributed by atoms with Crippen LogP contribution in [0.15, 0.2) is 18.2 Å². The number of carbonyl (C=O) groups excluding carboxylic acids is 1. The molecule has 0 saturated carbocycles. The molecule has 3 aliphatic rings. The Morgan fingerprint density at radius 3 is 2.83 bits per heavy atom. The summed E-state index contributed by atoms with van der Waals surface area (Å²) in [6.07, 6.45) is 2.49. The highest BCUT2D eigenvalue weighted by atomic mass is 79.9. The SMILES string of the molecule is CC(Br)C(=O)N1CCN(c2nc(OC[C@@H]3CCCN3C)nc3c2CN(Cc2cc(O)ccc2Cl)C3)C[C@@H]1CC#N. The molecule has 2 saturated heterocycles. The molecule has 1 amide bonds. The van der Waals surface area contributed by atoms with Crippen molar-refractivity contribution < 1.29 is 14.6 Å². The molecule has 1 N–H and O–H groups in total. The zero-order valence-electron chi connectivity index (χ0n) is 22.9. The van der Waals surface area contributed by atoms with Gasteiger partial charge < -0.3 is 24.5 Å². The first-order chi connectivity index (χ1) is 19.2. The van der Waals surface area contributed by atoms with Gasteiger partial charge in [-0.25, -0.2) is 0 Å². The average molecular weight is 633 g/mol. The number of phenols is 1. The first-order valence-corrected chi connectivity index (χ1v) is 15.0. The van der Waals surface area contributed by atoms with E-state index in [1.165, 1.54) is 0 Å². The van der Waals surface area contributed by atoms with Crippen LogP contribution in [0.1, 0.15) is 43.0 Å². The van der Waals surface area contributed by atoms with Gasteiger partial charge in [-0.15, -0.1) is 0 Å². The highest BCUT2D eigenvalue weighted by Crippen LogP contribution is 2.35. The molecule has 0 aliphatic carbocycles. The van der Waals surface area contributed by atoms with Crippen LogP contribution in [0, 0.1) is 11.3 Å². The lowest BCUT2D eigenvalue weighted by Crippen LogP contribution is -2.56. The largest absolute Gasteiger partial charge is 0.508 e. The lowest BCUT2D eigenvalue weighted by molar-refractivity contribution is -0.132. The van der Waals surface area contributed by atoms with Gasteiger partial charge in [-0.2, -0.15) is 15.2 Å². The molecule has 0 spiro atoms. The van der Waals surface area contributed by atoms with Crippen LogP contribution in [-0.4, -0.2) is 92.4 Å². The minimum atomic E-state index is -0.310. The molecule has 3 atom stereocenters. The lowest BCUT2D eigenvalue weighted by atomic mass is 10.1. The molecule has 214 valence electrons. The minimum Gasteiger partial charge on any atom is -0.508 e. The Balaban J connectivity index is 1.41. The fourth-order valence-electron chi connectivity index (χ4n) is 5.85. The van der Waals surface area contributed by atoms with E-state index in [-0.39, 0.29) is 28.9 Å². The van der Waals surface area contributed by atoms with Crippen LogP contribution in [-0.2, 0) is 24.4 Å². The van der Waals surface area contributed by atoms with Crippen molar-refractivity contribution in [3.8, 4) is 17.8 Å². The van der Waals surface area contributed by atoms with Crippen molar-refractivity contribution >= 4 is 39.3 Å². The maximum absolute atomic E-state index is 12.8. The van der Waals surface area contributed by atoms with E-state index in [0.29, 0.717) is 63.0 Å². The van der Waals surface area contributed by atoms with Gasteiger partial charge in [0, 0.05) is 55.9 Å². The summed E-state index contributed by atoms with van der Waals surface area (Å²) in [6.45, 7) is 6.77. The van der Waals surface area contributed by atoms with Crippen LogP contribution in [0.5, 0.6) is 11.8 Å². The Morgan fingerprint density at radius 2 is 2.10 bits per heavy atom. The molecule has 2 fully saturated rings. The highest BCUT2D eigenvalue weighted by Gasteiger charge is 2.36. The number of carbonyl (C=O) groups is 1. The van der Waals surface area contributed by atoms with E-state index in [9.17, 15) is 15.2 Å². The van der Waals surface area contributed by atoms with E-state index >= 15 is 0 Å². The number of rotatable bonds is 8. The molecule has 3 aliphatic heterocycles. The third-order valence-electron chi connectivity index (χ3n) is 8.04. The van der Waals surface area contributed by atoms with Crippen molar-refractivity contribution in [1.82, 2.24) is 24.7 Å². The van der Waals surface area contributed by atoms with Crippen LogP contribution >= 0.6 is 27.5 Å². The summed E-state index contributed by atoms with van der Waals surface area (Å²) in [5.74, 6) is 0.968. The zero-order valence-corrected chi connectivity index (χ0v) is 25.2. The number of nitriles is 1. The molecular formula is C28H35BrClN7O3. The Hall–Kier alpha value is -2.65. The molecule has 2 aromatic rings. The summed E-state index contributed by atoms with van der Waals surface area (Å²) in [7, 11) is 2.12. The maximum atomic E-state index is 12.8. The predicted octanol–water partition coefficient (Wildman–Crippen LogP) is 3.54. The number of amides is 1. The van der Waals surface area contributed by atoms with Gasteiger partial charge in [0.25, 0.3) is 0 Å². The van der Waals surface area contributed by atoms with Crippen molar-refractivity contribution in [2.24, 2.45) is 0 Å². The summed E-state index contributed by atoms with van der Waals surface area (Å²) in [5, 5.41) is 20.1. The second kappa shape index (κ2) is 12.5. The number of alkyl halides is 1. The first kappa shape index (κ1) is 28.9. The fourth-order valence-corrected chi connectivity index (χ4v) is 6.29. The molecule has 1 unspecified atom stereocenters. The molecule has 4 heterocycles. The fraction of sp³-hybridized carbons (Fsp3) is 0.571. The number of aromatic hydroxyl groups is 1. The third kappa shape index (κ3) is 6.30. The number of hydrogen-bond acceptors (Lipinski definition) is 9. The van der Waals surface area contributed by atoms with Crippen LogP contribution in [0.3, 0.4) is 0 Å². The molecular weight excluding hydrogens is 598 g/mol. The van der Waals surface area contributed by atoms with Crippen molar-refractivity contribution in [2.75, 3.05) is 44.7 Å². The number of nitrogens with zero attached hydrogens (tertiary/aromatic N) is 7. The molecule has 1 aromatic carbocycles. The van der Waals surface area contributed by atoms with Gasteiger partial charge >= 0.3 is 6.01 Å². The van der Waals surface area contributed by atoms with Crippen molar-refractivity contribution in [3.05, 3.63) is 40.0 Å². The minimum absolute atomic E-state index is 0.00769. The number of hydrogen-bond donors (Lipinski definition) is 1. The Bertz CT molecular complexity index is 1290. The third-order valence-corrected chi connectivity index (χ3v) is 8.80. The van der Waals surface area contributed by atoms with Gasteiger partial charge in [0.1, 0.15) is 18.2 Å². The Kier molecular flexibility index (Phi) is 9.00. The number of aromatic nitrogens is 2. The number of ether oxygens (including phenoxy) is 1. The van der Waals surface area contributed by atoms with E-state index < -0.39 is 0 Å². The highest BCUT2D eigenvalue weighted by molar-refractivity contribution is 9.10. The maximum Gasteiger partial charge on any atom is 0.318 e. The van der Waals surface area contributed by atoms with Crippen molar-refractivity contribution in [2.45, 2.75) is 62.7 Å². The number of likely N-dealkylation sites (tertiary alicyclic amines) is 1. The van der Waals surface area contributed by atoms with Crippen molar-refractivity contribution in [3.63, 3.8) is 0 Å². The van der Waals surface area contributed by atoms with E-state index in [2.05, 4.69) is 43.7 Å². The zero-order chi connectivity index (χ0) is 28.4. The number of likely N-dealkylation sites (N-methyl/N-ethyl adjacent to an activating group) is 1. The first-order valence-electron chi connectivity index (χ1n) is 13.7. The molecule has 10 nitrogen and oxygen atoms in total. The standard InChI is InChI=1S/C28H35BrClN7O3/c1-18(29)27(39)37-11-10-36(14-20(37)7-8-31)26-23-15-35(13-19-12-22(38)5-6-24(19)30)16-25(23)32-28(33-26)40-17-21-4-3-9-34(21)2/h5-6,12,18,20-21,38H,3-4,7,9-11,13-17H2,1-2H3/t18?,20-,21-/m0/s1. The van der Waals surface area contributed by atoms with E-state index in [4.69, 9.17) is 26.3 Å². The summed E-state index contributed by atoms with van der Waals surface area (Å²) in [5.41, 5.74) is 2.77. The Labute approximate surface area is 248 Å². The number of fused-ring (bicyclic) bond motifs is 1. The van der Waals surface area contributed by atoms with E-state index in [1.54, 1.807) is 18.2 Å². The van der Waals surface area contributed by atoms with E-state index in [0.717, 1.165) is 42.0 Å². The second-order valence-corrected chi connectivity index (χ2v) is 12.7. The molecule has 5 rings (SSSR count). The number of piperazine rings is 1. The number of halogens is 2. The van der Waals surface area contributed by atoms with Crippen molar-refractivity contribution in [1.29, 1.82) is 5.26 Å². The Morgan fingerprint density at radius 1 is 1.27 bits per heavy atom. The molecule has 1 aromatic heterocycles. The molecule has 12 heteroatoms. The molecule has 0 bridgehead atoms. The van der Waals surface area contributed by atoms with Gasteiger partial charge in [-0.05, 0) is 57.1 Å². The lowest BCUT2D eigenvalue weighted by Gasteiger charge is -2.42. The second-order valence-electron chi connectivity index (χ2n) is 10.9. The summed E-state index contributed by atoms with van der Waals surface area (Å²) >= 11 is 9.82. The van der Waals surface area contributed by atoms with Gasteiger partial charge in [-0.3, -0.25) is 9.69 Å². The monoisotopic (exact) mass is 631 g/mol. The average Bonchev–Trinajstić information content (AvgIpc) is 3.53. The quantitative estimate of drug-likeness (QED) is 0.437. The van der Waals surface area contributed by atoms with Gasteiger partial charge in [0.2, 0.25) is 5.91 Å². The normalized spacial score (nSPS) is 22.3. The summed E-state index contributed by atoms with van der Waals surface area (Å²) in [6, 6.07) is 7.69. The van der Waals surface area contributed by atoms with Crippen LogP contribution in [0.4, 0.5) is 5.82 Å². The summed E-state index contributed by atoms with van der Waals surface area (Å²) in [4.78, 5) is 30.8. The number of anilines is 1. The predicted molar refractivity (Wildman–Crippen MR) is 156 cm³/mol. The van der Waals surface area contributed by atoms with Crippen LogP contribution < -0.4 is 9.64 Å². The van der Waals surface area contributed by atoms with Gasteiger partial charge in [0.15, 0.2) is 0 Å². The molecule has 40 heavy (non-hydrogen) atoms.